The van der Waals surface area contributed by atoms with E-state index in [0.29, 0.717) is 5.56 Å². The van der Waals surface area contributed by atoms with Crippen molar-refractivity contribution in [2.24, 2.45) is 0 Å². The summed E-state index contributed by atoms with van der Waals surface area (Å²) in [5.74, 6) is 2.11. The molecule has 1 aromatic heterocycles. The van der Waals surface area contributed by atoms with Gasteiger partial charge in [0.15, 0.2) is 0 Å². The van der Waals surface area contributed by atoms with Gasteiger partial charge < -0.3 is 4.90 Å². The van der Waals surface area contributed by atoms with Crippen LogP contribution in [-0.4, -0.2) is 40.4 Å². The largest absolute Gasteiger partial charge is 0.338 e. The van der Waals surface area contributed by atoms with E-state index in [1.165, 1.54) is 0 Å². The van der Waals surface area contributed by atoms with Crippen LogP contribution in [0.25, 0.3) is 0 Å². The molecule has 1 atom stereocenters. The smallest absolute Gasteiger partial charge is 0.255 e. The molecule has 0 saturated heterocycles. The highest BCUT2D eigenvalue weighted by molar-refractivity contribution is 7.99. The lowest BCUT2D eigenvalue weighted by Crippen LogP contribution is -2.37. The summed E-state index contributed by atoms with van der Waals surface area (Å²) in [5.41, 5.74) is 1.49. The molecular formula is C13H20N2OS. The number of hydrogen-bond acceptors (Lipinski definition) is 3. The summed E-state index contributed by atoms with van der Waals surface area (Å²) >= 11 is 1.85. The first-order valence-electron chi connectivity index (χ1n) is 5.84. The van der Waals surface area contributed by atoms with Gasteiger partial charge in [-0.3, -0.25) is 9.78 Å². The molecule has 0 fully saturated rings. The van der Waals surface area contributed by atoms with Crippen LogP contribution in [0.3, 0.4) is 0 Å². The number of amides is 1. The van der Waals surface area contributed by atoms with Gasteiger partial charge in [-0.25, -0.2) is 0 Å². The van der Waals surface area contributed by atoms with E-state index in [4.69, 9.17) is 0 Å². The summed E-state index contributed by atoms with van der Waals surface area (Å²) in [6, 6.07) is 3.88. The second-order valence-electron chi connectivity index (χ2n) is 4.06. The summed E-state index contributed by atoms with van der Waals surface area (Å²) in [6.45, 7) is 6.07. The number of aryl methyl sites for hydroxylation is 1. The van der Waals surface area contributed by atoms with E-state index in [1.807, 2.05) is 31.8 Å². The molecule has 0 aliphatic carbocycles. The molecule has 0 radical (unpaired) electrons. The number of rotatable bonds is 5. The average Bonchev–Trinajstić information content (AvgIpc) is 2.34. The van der Waals surface area contributed by atoms with Crippen LogP contribution >= 0.6 is 11.8 Å². The molecule has 0 saturated carbocycles. The minimum absolute atomic E-state index is 0.0554. The molecule has 0 aliphatic rings. The molecule has 0 aromatic carbocycles. The number of nitrogens with zero attached hydrogens (tertiary/aromatic N) is 2. The predicted octanol–water partition coefficient (Wildman–Crippen LogP) is 2.60. The van der Waals surface area contributed by atoms with E-state index in [0.717, 1.165) is 17.2 Å². The lowest BCUT2D eigenvalue weighted by Gasteiger charge is -2.25. The second-order valence-corrected chi connectivity index (χ2v) is 5.38. The monoisotopic (exact) mass is 252 g/mol. The van der Waals surface area contributed by atoms with Crippen LogP contribution in [0.15, 0.2) is 18.3 Å². The quantitative estimate of drug-likeness (QED) is 0.807. The highest BCUT2D eigenvalue weighted by atomic mass is 32.2. The zero-order valence-corrected chi connectivity index (χ0v) is 11.8. The molecule has 3 nitrogen and oxygen atoms in total. The minimum Gasteiger partial charge on any atom is -0.338 e. The van der Waals surface area contributed by atoms with Crippen LogP contribution in [0.4, 0.5) is 0 Å². The summed E-state index contributed by atoms with van der Waals surface area (Å²) in [7, 11) is 1.86. The van der Waals surface area contributed by atoms with E-state index >= 15 is 0 Å². The standard InChI is InChI=1S/C13H20N2OS/c1-5-17-9-10(2)15(4)13(16)12-7-6-8-14-11(12)3/h6-8,10H,5,9H2,1-4H3/t10-/m1/s1. The summed E-state index contributed by atoms with van der Waals surface area (Å²) in [5, 5.41) is 0. The number of pyridine rings is 1. The number of aromatic nitrogens is 1. The maximum absolute atomic E-state index is 12.2. The number of carbonyl (C=O) groups is 1. The van der Waals surface area contributed by atoms with Crippen molar-refractivity contribution in [1.82, 2.24) is 9.88 Å². The van der Waals surface area contributed by atoms with Gasteiger partial charge in [0.1, 0.15) is 0 Å². The summed E-state index contributed by atoms with van der Waals surface area (Å²) < 4.78 is 0. The lowest BCUT2D eigenvalue weighted by molar-refractivity contribution is 0.0756. The topological polar surface area (TPSA) is 33.2 Å². The Labute approximate surface area is 108 Å². The summed E-state index contributed by atoms with van der Waals surface area (Å²) in [6.07, 6.45) is 1.71. The van der Waals surface area contributed by atoms with Crippen molar-refractivity contribution in [3.63, 3.8) is 0 Å². The van der Waals surface area contributed by atoms with Gasteiger partial charge in [-0.05, 0) is 31.7 Å². The molecule has 0 unspecified atom stereocenters. The predicted molar refractivity (Wildman–Crippen MR) is 73.5 cm³/mol. The van der Waals surface area contributed by atoms with Gasteiger partial charge in [0, 0.05) is 30.7 Å². The zero-order valence-electron chi connectivity index (χ0n) is 10.9. The Balaban J connectivity index is 2.73. The van der Waals surface area contributed by atoms with Crippen LogP contribution in [-0.2, 0) is 0 Å². The molecule has 1 rings (SSSR count). The fourth-order valence-corrected chi connectivity index (χ4v) is 2.30. The van der Waals surface area contributed by atoms with E-state index in [1.54, 1.807) is 17.2 Å². The fraction of sp³-hybridized carbons (Fsp3) is 0.538. The molecular weight excluding hydrogens is 232 g/mol. The van der Waals surface area contributed by atoms with Crippen molar-refractivity contribution < 1.29 is 4.79 Å². The van der Waals surface area contributed by atoms with Crippen LogP contribution in [0.5, 0.6) is 0 Å². The van der Waals surface area contributed by atoms with Gasteiger partial charge in [-0.1, -0.05) is 6.92 Å². The maximum atomic E-state index is 12.2. The Kier molecular flexibility index (Phi) is 5.48. The average molecular weight is 252 g/mol. The minimum atomic E-state index is 0.0554. The maximum Gasteiger partial charge on any atom is 0.255 e. The Morgan fingerprint density at radius 3 is 2.88 bits per heavy atom. The van der Waals surface area contributed by atoms with Crippen LogP contribution < -0.4 is 0 Å². The van der Waals surface area contributed by atoms with Gasteiger partial charge in [0.05, 0.1) is 5.56 Å². The Bertz CT molecular complexity index is 381. The Morgan fingerprint density at radius 2 is 2.29 bits per heavy atom. The van der Waals surface area contributed by atoms with Gasteiger partial charge in [0.2, 0.25) is 0 Å². The van der Waals surface area contributed by atoms with Gasteiger partial charge in [-0.2, -0.15) is 11.8 Å². The second kappa shape index (κ2) is 6.64. The first kappa shape index (κ1) is 14.0. The zero-order chi connectivity index (χ0) is 12.8. The molecule has 0 spiro atoms. The lowest BCUT2D eigenvalue weighted by atomic mass is 10.1. The van der Waals surface area contributed by atoms with E-state index < -0.39 is 0 Å². The molecule has 94 valence electrons. The fourth-order valence-electron chi connectivity index (χ4n) is 1.50. The van der Waals surface area contributed by atoms with Crippen molar-refractivity contribution in [2.45, 2.75) is 26.8 Å². The first-order valence-corrected chi connectivity index (χ1v) is 7.00. The van der Waals surface area contributed by atoms with E-state index in [-0.39, 0.29) is 11.9 Å². The van der Waals surface area contributed by atoms with Gasteiger partial charge in [0.25, 0.3) is 5.91 Å². The number of thioether (sulfide) groups is 1. The third-order valence-corrected chi connectivity index (χ3v) is 3.91. The third kappa shape index (κ3) is 3.73. The Morgan fingerprint density at radius 1 is 1.59 bits per heavy atom. The number of carbonyl (C=O) groups excluding carboxylic acids is 1. The SMILES string of the molecule is CCSC[C@@H](C)N(C)C(=O)c1cccnc1C. The molecule has 4 heteroatoms. The van der Waals surface area contributed by atoms with E-state index in [9.17, 15) is 4.79 Å². The summed E-state index contributed by atoms with van der Waals surface area (Å²) in [4.78, 5) is 18.2. The highest BCUT2D eigenvalue weighted by Gasteiger charge is 2.18. The van der Waals surface area contributed by atoms with Crippen molar-refractivity contribution in [3.8, 4) is 0 Å². The van der Waals surface area contributed by atoms with Crippen LogP contribution in [0.1, 0.15) is 29.9 Å². The van der Waals surface area contributed by atoms with Crippen molar-refractivity contribution in [3.05, 3.63) is 29.6 Å². The van der Waals surface area contributed by atoms with Gasteiger partial charge >= 0.3 is 0 Å². The van der Waals surface area contributed by atoms with Crippen molar-refractivity contribution in [1.29, 1.82) is 0 Å². The van der Waals surface area contributed by atoms with Gasteiger partial charge in [-0.15, -0.1) is 0 Å². The van der Waals surface area contributed by atoms with Crippen LogP contribution in [0, 0.1) is 6.92 Å². The number of hydrogen-bond donors (Lipinski definition) is 0. The normalized spacial score (nSPS) is 12.2. The molecule has 1 heterocycles. The first-order chi connectivity index (χ1) is 8.07. The van der Waals surface area contributed by atoms with Crippen molar-refractivity contribution in [2.75, 3.05) is 18.6 Å². The van der Waals surface area contributed by atoms with Crippen molar-refractivity contribution >= 4 is 17.7 Å². The molecule has 1 amide bonds. The highest BCUT2D eigenvalue weighted by Crippen LogP contribution is 2.12. The third-order valence-electron chi connectivity index (χ3n) is 2.78. The van der Waals surface area contributed by atoms with Crippen LogP contribution in [0.2, 0.25) is 0 Å². The Hall–Kier alpha value is -1.03. The molecule has 0 aliphatic heterocycles. The molecule has 1 aromatic rings. The molecule has 0 N–H and O–H groups in total. The molecule has 0 bridgehead atoms. The molecule has 17 heavy (non-hydrogen) atoms. The van der Waals surface area contributed by atoms with E-state index in [2.05, 4.69) is 18.8 Å².